The minimum Gasteiger partial charge on any atom is -0.166 e. The van der Waals surface area contributed by atoms with E-state index in [0.717, 1.165) is 46.5 Å². The maximum Gasteiger partial charge on any atom is 0.416 e. The molecule has 162 valence electrons. The number of benzene rings is 4. The molecule has 0 aliphatic rings. The van der Waals surface area contributed by atoms with Crippen molar-refractivity contribution in [3.05, 3.63) is 108 Å². The third-order valence-electron chi connectivity index (χ3n) is 5.19. The first kappa shape index (κ1) is 21.7. The van der Waals surface area contributed by atoms with Gasteiger partial charge < -0.3 is 0 Å². The van der Waals surface area contributed by atoms with Crippen LogP contribution in [-0.4, -0.2) is 0 Å². The van der Waals surface area contributed by atoms with E-state index in [9.17, 15) is 26.3 Å². The average Bonchev–Trinajstić information content (AvgIpc) is 2.78. The number of rotatable bonds is 3. The third-order valence-corrected chi connectivity index (χ3v) is 5.19. The van der Waals surface area contributed by atoms with Gasteiger partial charge in [0.05, 0.1) is 11.1 Å². The lowest BCUT2D eigenvalue weighted by Crippen LogP contribution is -2.04. The van der Waals surface area contributed by atoms with Crippen LogP contribution in [0.1, 0.15) is 11.1 Å². The van der Waals surface area contributed by atoms with Crippen LogP contribution in [0.3, 0.4) is 0 Å². The molecule has 0 bridgehead atoms. The van der Waals surface area contributed by atoms with Crippen LogP contribution < -0.4 is 0 Å². The van der Waals surface area contributed by atoms with Crippen LogP contribution in [0.4, 0.5) is 26.3 Å². The van der Waals surface area contributed by atoms with Gasteiger partial charge in [0.2, 0.25) is 0 Å². The Morgan fingerprint density at radius 2 is 0.625 bits per heavy atom. The van der Waals surface area contributed by atoms with E-state index in [4.69, 9.17) is 0 Å². The predicted molar refractivity (Wildman–Crippen MR) is 113 cm³/mol. The fourth-order valence-corrected chi connectivity index (χ4v) is 3.62. The molecule has 4 aromatic rings. The Bertz CT molecular complexity index is 1120. The van der Waals surface area contributed by atoms with E-state index in [1.54, 1.807) is 12.1 Å². The molecule has 6 heteroatoms. The van der Waals surface area contributed by atoms with Crippen LogP contribution in [0.15, 0.2) is 97.1 Å². The molecule has 32 heavy (non-hydrogen) atoms. The Hall–Kier alpha value is -3.54. The summed E-state index contributed by atoms with van der Waals surface area (Å²) in [5.74, 6) is 0. The summed E-state index contributed by atoms with van der Waals surface area (Å²) in [6.07, 6.45) is -8.85. The summed E-state index contributed by atoms with van der Waals surface area (Å²) in [6, 6.07) is 24.3. The molecule has 0 spiro atoms. The summed E-state index contributed by atoms with van der Waals surface area (Å²) in [5, 5.41) is 0. The Morgan fingerprint density at radius 3 is 0.906 bits per heavy atom. The molecule has 0 unspecified atom stereocenters. The van der Waals surface area contributed by atoms with Crippen molar-refractivity contribution in [2.75, 3.05) is 0 Å². The van der Waals surface area contributed by atoms with E-state index in [1.165, 1.54) is 24.3 Å². The molecule has 0 radical (unpaired) electrons. The van der Waals surface area contributed by atoms with Gasteiger partial charge >= 0.3 is 12.4 Å². The average molecular weight is 442 g/mol. The highest BCUT2D eigenvalue weighted by Gasteiger charge is 2.31. The van der Waals surface area contributed by atoms with E-state index in [0.29, 0.717) is 11.1 Å². The highest BCUT2D eigenvalue weighted by molar-refractivity contribution is 5.91. The summed E-state index contributed by atoms with van der Waals surface area (Å²) in [5.41, 5.74) is 2.73. The van der Waals surface area contributed by atoms with Gasteiger partial charge in [0.1, 0.15) is 0 Å². The predicted octanol–water partition coefficient (Wildman–Crippen LogP) is 8.73. The van der Waals surface area contributed by atoms with Crippen molar-refractivity contribution >= 4 is 0 Å². The van der Waals surface area contributed by atoms with E-state index >= 15 is 0 Å². The van der Waals surface area contributed by atoms with E-state index in [2.05, 4.69) is 0 Å². The maximum absolute atomic E-state index is 12.9. The quantitative estimate of drug-likeness (QED) is 0.278. The standard InChI is InChI=1S/C26H16F6/c27-25(28,29)19-13-9-17(10-14-19)21-5-1-3-7-23(21)24-8-4-2-6-22(24)18-11-15-20(16-12-18)26(30,31)32/h1-16H. The largest absolute Gasteiger partial charge is 0.416 e. The summed E-state index contributed by atoms with van der Waals surface area (Å²) < 4.78 is 77.6. The van der Waals surface area contributed by atoms with Gasteiger partial charge in [0, 0.05) is 0 Å². The minimum atomic E-state index is -4.42. The minimum absolute atomic E-state index is 0.607. The Balaban J connectivity index is 1.80. The van der Waals surface area contributed by atoms with E-state index in [-0.39, 0.29) is 0 Å². The van der Waals surface area contributed by atoms with Crippen LogP contribution in [0.25, 0.3) is 33.4 Å². The second-order valence-corrected chi connectivity index (χ2v) is 7.24. The second kappa shape index (κ2) is 8.19. The molecule has 0 atom stereocenters. The lowest BCUT2D eigenvalue weighted by molar-refractivity contribution is -0.138. The molecular weight excluding hydrogens is 426 g/mol. The molecule has 0 N–H and O–H groups in total. The number of alkyl halides is 6. The van der Waals surface area contributed by atoms with E-state index in [1.807, 2.05) is 36.4 Å². The normalized spacial score (nSPS) is 12.1. The molecule has 0 saturated carbocycles. The SMILES string of the molecule is FC(F)(F)c1ccc(-c2ccccc2-c2ccccc2-c2ccc(C(F)(F)F)cc2)cc1. The lowest BCUT2D eigenvalue weighted by atomic mass is 9.89. The molecule has 4 aromatic carbocycles. The fourth-order valence-electron chi connectivity index (χ4n) is 3.62. The van der Waals surface area contributed by atoms with Crippen molar-refractivity contribution in [3.8, 4) is 33.4 Å². The molecule has 0 aromatic heterocycles. The van der Waals surface area contributed by atoms with Gasteiger partial charge in [-0.15, -0.1) is 0 Å². The van der Waals surface area contributed by atoms with Crippen molar-refractivity contribution in [2.24, 2.45) is 0 Å². The first-order valence-electron chi connectivity index (χ1n) is 9.68. The molecule has 0 aliphatic carbocycles. The van der Waals surface area contributed by atoms with Gasteiger partial charge in [-0.05, 0) is 57.6 Å². The van der Waals surface area contributed by atoms with Crippen molar-refractivity contribution in [1.29, 1.82) is 0 Å². The zero-order valence-corrected chi connectivity index (χ0v) is 16.5. The number of hydrogen-bond donors (Lipinski definition) is 0. The number of hydrogen-bond acceptors (Lipinski definition) is 0. The molecular formula is C26H16F6. The monoisotopic (exact) mass is 442 g/mol. The Labute approximate surface area is 180 Å². The summed E-state index contributed by atoms with van der Waals surface area (Å²) >= 11 is 0. The topological polar surface area (TPSA) is 0 Å². The zero-order valence-electron chi connectivity index (χ0n) is 16.5. The highest BCUT2D eigenvalue weighted by Crippen LogP contribution is 2.39. The number of halogens is 6. The first-order chi connectivity index (χ1) is 15.1. The summed E-state index contributed by atoms with van der Waals surface area (Å²) in [4.78, 5) is 0. The van der Waals surface area contributed by atoms with Crippen LogP contribution >= 0.6 is 0 Å². The maximum atomic E-state index is 12.9. The molecule has 0 nitrogen and oxygen atoms in total. The summed E-state index contributed by atoms with van der Waals surface area (Å²) in [7, 11) is 0. The van der Waals surface area contributed by atoms with Crippen LogP contribution in [0.2, 0.25) is 0 Å². The van der Waals surface area contributed by atoms with Crippen LogP contribution in [-0.2, 0) is 12.4 Å². The fraction of sp³-hybridized carbons (Fsp3) is 0.0769. The van der Waals surface area contributed by atoms with Crippen molar-refractivity contribution in [3.63, 3.8) is 0 Å². The van der Waals surface area contributed by atoms with E-state index < -0.39 is 23.5 Å². The summed E-state index contributed by atoms with van der Waals surface area (Å²) in [6.45, 7) is 0. The lowest BCUT2D eigenvalue weighted by Gasteiger charge is -2.16. The molecule has 0 fully saturated rings. The third kappa shape index (κ3) is 4.40. The first-order valence-corrected chi connectivity index (χ1v) is 9.68. The van der Waals surface area contributed by atoms with Crippen molar-refractivity contribution < 1.29 is 26.3 Å². The van der Waals surface area contributed by atoms with Crippen molar-refractivity contribution in [1.82, 2.24) is 0 Å². The molecule has 0 heterocycles. The van der Waals surface area contributed by atoms with Gasteiger partial charge in [0.15, 0.2) is 0 Å². The Morgan fingerprint density at radius 1 is 0.344 bits per heavy atom. The zero-order chi connectivity index (χ0) is 22.9. The molecule has 4 rings (SSSR count). The van der Waals surface area contributed by atoms with Gasteiger partial charge in [-0.3, -0.25) is 0 Å². The molecule has 0 aliphatic heterocycles. The van der Waals surface area contributed by atoms with Gasteiger partial charge in [-0.1, -0.05) is 72.8 Å². The van der Waals surface area contributed by atoms with Crippen LogP contribution in [0.5, 0.6) is 0 Å². The second-order valence-electron chi connectivity index (χ2n) is 7.24. The smallest absolute Gasteiger partial charge is 0.166 e. The highest BCUT2D eigenvalue weighted by atomic mass is 19.4. The van der Waals surface area contributed by atoms with Gasteiger partial charge in [-0.2, -0.15) is 26.3 Å². The van der Waals surface area contributed by atoms with Crippen LogP contribution in [0, 0.1) is 0 Å². The van der Waals surface area contributed by atoms with Gasteiger partial charge in [0.25, 0.3) is 0 Å². The Kier molecular flexibility index (Phi) is 5.55. The molecule has 0 saturated heterocycles. The van der Waals surface area contributed by atoms with Crippen molar-refractivity contribution in [2.45, 2.75) is 12.4 Å². The van der Waals surface area contributed by atoms with Gasteiger partial charge in [-0.25, -0.2) is 0 Å². The molecule has 0 amide bonds.